The van der Waals surface area contributed by atoms with Crippen molar-refractivity contribution in [3.63, 3.8) is 0 Å². The monoisotopic (exact) mass is 337 g/mol. The molecule has 0 aliphatic carbocycles. The zero-order valence-corrected chi connectivity index (χ0v) is 13.3. The normalized spacial score (nSPS) is 11.2. The first-order valence-electron chi connectivity index (χ1n) is 6.28. The molecule has 1 N–H and O–H groups in total. The first-order valence-corrected chi connectivity index (χ1v) is 7.98. The molecule has 0 saturated carbocycles. The van der Waals surface area contributed by atoms with Crippen molar-refractivity contribution in [1.29, 1.82) is 0 Å². The van der Waals surface area contributed by atoms with Crippen molar-refractivity contribution in [3.05, 3.63) is 53.6 Å². The average molecular weight is 337 g/mol. The lowest BCUT2D eigenvalue weighted by atomic mass is 10.3. The largest absolute Gasteiger partial charge is 0.477 e. The molecule has 0 radical (unpaired) electrons. The van der Waals surface area contributed by atoms with E-state index in [0.717, 1.165) is 20.9 Å². The lowest BCUT2D eigenvalue weighted by Gasteiger charge is -2.05. The van der Waals surface area contributed by atoms with Gasteiger partial charge in [0.05, 0.1) is 17.2 Å². The minimum absolute atomic E-state index is 0.0156. The van der Waals surface area contributed by atoms with Crippen LogP contribution >= 0.6 is 22.7 Å². The van der Waals surface area contributed by atoms with Gasteiger partial charge in [-0.1, -0.05) is 0 Å². The molecule has 9 heteroatoms. The van der Waals surface area contributed by atoms with Crippen LogP contribution in [0.4, 0.5) is 0 Å². The van der Waals surface area contributed by atoms with Gasteiger partial charge < -0.3 is 5.11 Å². The Hall–Kier alpha value is -2.26. The maximum Gasteiger partial charge on any atom is 0.347 e. The van der Waals surface area contributed by atoms with Crippen LogP contribution in [0.5, 0.6) is 0 Å². The molecule has 0 fully saturated rings. The molecular formula is C13H11N3O4S2. The van der Waals surface area contributed by atoms with Gasteiger partial charge in [-0.3, -0.25) is 13.8 Å². The number of thiazole rings is 2. The summed E-state index contributed by atoms with van der Waals surface area (Å²) in [5.74, 6) is -1.12. The number of carbonyl (C=O) groups is 1. The van der Waals surface area contributed by atoms with Gasteiger partial charge in [-0.15, -0.1) is 22.7 Å². The number of aryl methyl sites for hydroxylation is 2. The van der Waals surface area contributed by atoms with Crippen LogP contribution in [0, 0.1) is 13.8 Å². The van der Waals surface area contributed by atoms with Gasteiger partial charge in [-0.25, -0.2) is 14.6 Å². The highest BCUT2D eigenvalue weighted by Crippen LogP contribution is 2.18. The number of carboxylic acids is 1. The molecule has 3 aromatic heterocycles. The van der Waals surface area contributed by atoms with E-state index in [4.69, 9.17) is 5.11 Å². The average Bonchev–Trinajstić information content (AvgIpc) is 3.08. The molecule has 0 saturated heterocycles. The lowest BCUT2D eigenvalue weighted by Crippen LogP contribution is -2.38. The molecule has 114 valence electrons. The summed E-state index contributed by atoms with van der Waals surface area (Å²) < 4.78 is 2.29. The maximum atomic E-state index is 12.5. The molecule has 0 bridgehead atoms. The number of carboxylic acid groups (broad SMARTS) is 1. The van der Waals surface area contributed by atoms with Crippen LogP contribution in [0.3, 0.4) is 0 Å². The number of nitrogens with zero attached hydrogens (tertiary/aromatic N) is 3. The Morgan fingerprint density at radius 1 is 1.36 bits per heavy atom. The molecule has 7 nitrogen and oxygen atoms in total. The Morgan fingerprint density at radius 3 is 2.68 bits per heavy atom. The fraction of sp³-hybridized carbons (Fsp3) is 0.231. The van der Waals surface area contributed by atoms with Crippen LogP contribution in [-0.2, 0) is 6.54 Å². The van der Waals surface area contributed by atoms with E-state index >= 15 is 0 Å². The highest BCUT2D eigenvalue weighted by atomic mass is 32.1. The first kappa shape index (κ1) is 14.7. The number of fused-ring (bicyclic) bond motifs is 1. The predicted molar refractivity (Wildman–Crippen MR) is 83.5 cm³/mol. The van der Waals surface area contributed by atoms with Gasteiger partial charge in [0.15, 0.2) is 0 Å². The Morgan fingerprint density at radius 2 is 2.09 bits per heavy atom. The number of aromatic carboxylic acids is 1. The molecule has 0 aliphatic rings. The van der Waals surface area contributed by atoms with Crippen LogP contribution in [0.25, 0.3) is 4.83 Å². The second kappa shape index (κ2) is 5.18. The van der Waals surface area contributed by atoms with E-state index < -0.39 is 17.2 Å². The van der Waals surface area contributed by atoms with Gasteiger partial charge in [-0.2, -0.15) is 0 Å². The van der Waals surface area contributed by atoms with Crippen molar-refractivity contribution in [2.75, 3.05) is 0 Å². The summed E-state index contributed by atoms with van der Waals surface area (Å²) in [7, 11) is 0. The summed E-state index contributed by atoms with van der Waals surface area (Å²) >= 11 is 2.36. The van der Waals surface area contributed by atoms with E-state index in [0.29, 0.717) is 16.1 Å². The van der Waals surface area contributed by atoms with E-state index in [1.165, 1.54) is 21.9 Å². The van der Waals surface area contributed by atoms with E-state index in [-0.39, 0.29) is 11.4 Å². The summed E-state index contributed by atoms with van der Waals surface area (Å²) in [6.45, 7) is 3.50. The Bertz CT molecular complexity index is 1010. The minimum Gasteiger partial charge on any atom is -0.477 e. The molecule has 0 atom stereocenters. The van der Waals surface area contributed by atoms with E-state index in [1.54, 1.807) is 12.3 Å². The highest BCUT2D eigenvalue weighted by molar-refractivity contribution is 7.19. The van der Waals surface area contributed by atoms with Crippen LogP contribution in [0.1, 0.15) is 25.9 Å². The van der Waals surface area contributed by atoms with Gasteiger partial charge in [0.2, 0.25) is 0 Å². The second-order valence-corrected chi connectivity index (χ2v) is 6.83. The van der Waals surface area contributed by atoms with Gasteiger partial charge >= 0.3 is 11.7 Å². The third kappa shape index (κ3) is 2.28. The minimum atomic E-state index is -1.12. The molecule has 0 spiro atoms. The standard InChI is InChI=1S/C13H11N3O4S2/c1-6-10(17)15(3-8-5-21-7(2)14-8)13(20)16-4-9(12(18)19)22-11(6)16/h4-5H,3H2,1-2H3,(H,18,19). The zero-order valence-electron chi connectivity index (χ0n) is 11.7. The molecule has 3 heterocycles. The zero-order chi connectivity index (χ0) is 16.0. The van der Waals surface area contributed by atoms with E-state index in [9.17, 15) is 14.4 Å². The molecule has 0 amide bonds. The number of aromatic nitrogens is 3. The summed E-state index contributed by atoms with van der Waals surface area (Å²) in [6, 6.07) is 0. The van der Waals surface area contributed by atoms with Crippen molar-refractivity contribution in [2.45, 2.75) is 20.4 Å². The molecule has 0 aromatic carbocycles. The van der Waals surface area contributed by atoms with Gasteiger partial charge in [0.25, 0.3) is 5.56 Å². The quantitative estimate of drug-likeness (QED) is 0.778. The first-order chi connectivity index (χ1) is 10.4. The van der Waals surface area contributed by atoms with E-state index in [1.807, 2.05) is 6.92 Å². The SMILES string of the molecule is Cc1nc(Cn2c(=O)c(C)c3sc(C(=O)O)cn3c2=O)cs1. The van der Waals surface area contributed by atoms with Crippen molar-refractivity contribution >= 4 is 33.5 Å². The summed E-state index contributed by atoms with van der Waals surface area (Å²) in [6.07, 6.45) is 1.25. The van der Waals surface area contributed by atoms with Crippen molar-refractivity contribution in [2.24, 2.45) is 0 Å². The Balaban J connectivity index is 2.24. The van der Waals surface area contributed by atoms with Gasteiger partial charge in [0, 0.05) is 17.1 Å². The topological polar surface area (TPSA) is 93.7 Å². The van der Waals surface area contributed by atoms with E-state index in [2.05, 4.69) is 4.98 Å². The third-order valence-electron chi connectivity index (χ3n) is 3.19. The Labute approximate surface area is 131 Å². The lowest BCUT2D eigenvalue weighted by molar-refractivity contribution is 0.0701. The van der Waals surface area contributed by atoms with Gasteiger partial charge in [-0.05, 0) is 13.8 Å². The van der Waals surface area contributed by atoms with Crippen LogP contribution < -0.4 is 11.2 Å². The van der Waals surface area contributed by atoms with Crippen LogP contribution in [0.2, 0.25) is 0 Å². The molecule has 0 aliphatic heterocycles. The fourth-order valence-corrected chi connectivity index (χ4v) is 3.67. The van der Waals surface area contributed by atoms with Crippen LogP contribution in [-0.4, -0.2) is 25.0 Å². The molecule has 3 rings (SSSR count). The maximum absolute atomic E-state index is 12.5. The van der Waals surface area contributed by atoms with Crippen LogP contribution in [0.15, 0.2) is 21.2 Å². The predicted octanol–water partition coefficient (Wildman–Crippen LogP) is 1.34. The molecule has 22 heavy (non-hydrogen) atoms. The second-order valence-electron chi connectivity index (χ2n) is 4.73. The number of rotatable bonds is 3. The smallest absolute Gasteiger partial charge is 0.347 e. The van der Waals surface area contributed by atoms with Crippen molar-refractivity contribution < 1.29 is 9.90 Å². The van der Waals surface area contributed by atoms with Gasteiger partial charge in [0.1, 0.15) is 9.71 Å². The van der Waals surface area contributed by atoms with Crippen molar-refractivity contribution in [1.82, 2.24) is 14.0 Å². The highest BCUT2D eigenvalue weighted by Gasteiger charge is 2.17. The third-order valence-corrected chi connectivity index (χ3v) is 5.21. The summed E-state index contributed by atoms with van der Waals surface area (Å²) in [4.78, 5) is 40.5. The van der Waals surface area contributed by atoms with Crippen molar-refractivity contribution in [3.8, 4) is 0 Å². The number of hydrogen-bond donors (Lipinski definition) is 1. The fourth-order valence-electron chi connectivity index (χ4n) is 2.15. The molecule has 3 aromatic rings. The molecular weight excluding hydrogens is 326 g/mol. The molecule has 0 unspecified atom stereocenters. The number of hydrogen-bond acceptors (Lipinski definition) is 6. The Kier molecular flexibility index (Phi) is 3.45. The summed E-state index contributed by atoms with van der Waals surface area (Å²) in [5, 5.41) is 11.7. The summed E-state index contributed by atoms with van der Waals surface area (Å²) in [5.41, 5.74) is 0.00762.